The maximum atomic E-state index is 11.3. The summed E-state index contributed by atoms with van der Waals surface area (Å²) in [5.74, 6) is -0.978. The fourth-order valence-electron chi connectivity index (χ4n) is 1.65. The van der Waals surface area contributed by atoms with Gasteiger partial charge in [-0.3, -0.25) is 0 Å². The zero-order valence-corrected chi connectivity index (χ0v) is 11.4. The van der Waals surface area contributed by atoms with Crippen LogP contribution in [0.4, 0.5) is 5.69 Å². The molecular formula is C13H13N3O2S. The third-order valence-corrected chi connectivity index (χ3v) is 3.24. The van der Waals surface area contributed by atoms with Crippen LogP contribution in [-0.4, -0.2) is 20.7 Å². The molecule has 1 heterocycles. The van der Waals surface area contributed by atoms with E-state index in [1.807, 2.05) is 32.1 Å². The van der Waals surface area contributed by atoms with Crippen molar-refractivity contribution in [2.24, 2.45) is 0 Å². The van der Waals surface area contributed by atoms with Gasteiger partial charge in [0.2, 0.25) is 0 Å². The highest BCUT2D eigenvalue weighted by Crippen LogP contribution is 2.26. The molecule has 0 aliphatic heterocycles. The average molecular weight is 275 g/mol. The van der Waals surface area contributed by atoms with E-state index >= 15 is 0 Å². The Balaban J connectivity index is 2.50. The molecule has 0 aliphatic rings. The monoisotopic (exact) mass is 275 g/mol. The molecule has 1 aromatic heterocycles. The van der Waals surface area contributed by atoms with Gasteiger partial charge in [0.1, 0.15) is 5.52 Å². The Labute approximate surface area is 114 Å². The lowest BCUT2D eigenvalue weighted by atomic mass is 10.1. The SMILES string of the molecule is C/C=C\C(=C/C)Nc1cc2nnsc2cc1C(=O)O. The summed E-state index contributed by atoms with van der Waals surface area (Å²) in [6.45, 7) is 3.78. The first-order valence-electron chi connectivity index (χ1n) is 5.71. The molecule has 0 saturated heterocycles. The second kappa shape index (κ2) is 5.62. The van der Waals surface area contributed by atoms with Crippen LogP contribution in [0.1, 0.15) is 24.2 Å². The van der Waals surface area contributed by atoms with Gasteiger partial charge in [0.05, 0.1) is 16.0 Å². The summed E-state index contributed by atoms with van der Waals surface area (Å²) in [6.07, 6.45) is 5.62. The van der Waals surface area contributed by atoms with Crippen LogP contribution in [0.15, 0.2) is 36.1 Å². The number of carbonyl (C=O) groups is 1. The van der Waals surface area contributed by atoms with Gasteiger partial charge in [0.15, 0.2) is 0 Å². The van der Waals surface area contributed by atoms with E-state index in [0.29, 0.717) is 11.2 Å². The number of hydrogen-bond acceptors (Lipinski definition) is 5. The molecule has 0 saturated carbocycles. The predicted octanol–water partition coefficient (Wildman–Crippen LogP) is 3.28. The van der Waals surface area contributed by atoms with E-state index in [-0.39, 0.29) is 5.56 Å². The Morgan fingerprint density at radius 1 is 1.42 bits per heavy atom. The van der Waals surface area contributed by atoms with E-state index in [1.165, 1.54) is 11.5 Å². The molecule has 2 N–H and O–H groups in total. The van der Waals surface area contributed by atoms with Crippen molar-refractivity contribution in [3.05, 3.63) is 41.6 Å². The van der Waals surface area contributed by atoms with Gasteiger partial charge in [0, 0.05) is 5.70 Å². The first-order chi connectivity index (χ1) is 9.15. The number of carboxylic acid groups (broad SMARTS) is 1. The number of carboxylic acids is 1. The number of allylic oxidation sites excluding steroid dienone is 3. The number of nitrogens with zero attached hydrogens (tertiary/aromatic N) is 2. The van der Waals surface area contributed by atoms with Gasteiger partial charge in [0.25, 0.3) is 0 Å². The lowest BCUT2D eigenvalue weighted by Gasteiger charge is -2.10. The van der Waals surface area contributed by atoms with Crippen LogP contribution in [0.2, 0.25) is 0 Å². The zero-order valence-electron chi connectivity index (χ0n) is 10.5. The number of aromatic nitrogens is 2. The van der Waals surface area contributed by atoms with Crippen LogP contribution in [0.25, 0.3) is 10.2 Å². The number of rotatable bonds is 4. The van der Waals surface area contributed by atoms with E-state index in [2.05, 4.69) is 14.9 Å². The third-order valence-electron chi connectivity index (χ3n) is 2.55. The minimum Gasteiger partial charge on any atom is -0.478 e. The van der Waals surface area contributed by atoms with Crippen LogP contribution in [0.5, 0.6) is 0 Å². The predicted molar refractivity (Wildman–Crippen MR) is 76.6 cm³/mol. The van der Waals surface area contributed by atoms with Gasteiger partial charge >= 0.3 is 5.97 Å². The standard InChI is InChI=1S/C13H13N3O2S/c1-3-5-8(4-2)14-10-7-11-12(19-16-15-11)6-9(10)13(17)18/h3-7,14H,1-2H3,(H,17,18)/b5-3-,8-4+. The minimum absolute atomic E-state index is 0.211. The summed E-state index contributed by atoms with van der Waals surface area (Å²) in [5.41, 5.74) is 2.24. The highest BCUT2D eigenvalue weighted by Gasteiger charge is 2.13. The van der Waals surface area contributed by atoms with Crippen molar-refractivity contribution in [2.45, 2.75) is 13.8 Å². The summed E-state index contributed by atoms with van der Waals surface area (Å²) in [5, 5.41) is 16.3. The first kappa shape index (κ1) is 13.2. The Bertz CT molecular complexity index is 674. The molecule has 0 aliphatic carbocycles. The quantitative estimate of drug-likeness (QED) is 0.837. The molecular weight excluding hydrogens is 262 g/mol. The van der Waals surface area contributed by atoms with Crippen molar-refractivity contribution < 1.29 is 9.90 Å². The number of anilines is 1. The van der Waals surface area contributed by atoms with Gasteiger partial charge in [-0.25, -0.2) is 4.79 Å². The van der Waals surface area contributed by atoms with Gasteiger partial charge in [-0.15, -0.1) is 5.10 Å². The van der Waals surface area contributed by atoms with Gasteiger partial charge in [-0.05, 0) is 43.6 Å². The summed E-state index contributed by atoms with van der Waals surface area (Å²) in [4.78, 5) is 11.3. The zero-order chi connectivity index (χ0) is 13.8. The van der Waals surface area contributed by atoms with Crippen molar-refractivity contribution in [3.8, 4) is 0 Å². The Kier molecular flexibility index (Phi) is 3.91. The fourth-order valence-corrected chi connectivity index (χ4v) is 2.23. The number of nitrogens with one attached hydrogen (secondary N) is 1. The molecule has 98 valence electrons. The lowest BCUT2D eigenvalue weighted by molar-refractivity contribution is 0.0698. The van der Waals surface area contributed by atoms with Crippen LogP contribution in [0, 0.1) is 0 Å². The van der Waals surface area contributed by atoms with Gasteiger partial charge in [-0.1, -0.05) is 16.6 Å². The molecule has 0 spiro atoms. The second-order valence-electron chi connectivity index (χ2n) is 3.81. The normalized spacial score (nSPS) is 12.2. The molecule has 0 bridgehead atoms. The van der Waals surface area contributed by atoms with Crippen LogP contribution >= 0.6 is 11.5 Å². The molecule has 0 radical (unpaired) electrons. The highest BCUT2D eigenvalue weighted by atomic mass is 32.1. The summed E-state index contributed by atoms with van der Waals surface area (Å²) in [7, 11) is 0. The fraction of sp³-hybridized carbons (Fsp3) is 0.154. The van der Waals surface area contributed by atoms with E-state index in [9.17, 15) is 9.90 Å². The van der Waals surface area contributed by atoms with Crippen LogP contribution in [0.3, 0.4) is 0 Å². The minimum atomic E-state index is -0.978. The topological polar surface area (TPSA) is 75.1 Å². The molecule has 0 unspecified atom stereocenters. The van der Waals surface area contributed by atoms with Crippen LogP contribution in [-0.2, 0) is 0 Å². The first-order valence-corrected chi connectivity index (χ1v) is 6.48. The van der Waals surface area contributed by atoms with Crippen molar-refractivity contribution in [1.82, 2.24) is 9.59 Å². The van der Waals surface area contributed by atoms with Gasteiger partial charge < -0.3 is 10.4 Å². The highest BCUT2D eigenvalue weighted by molar-refractivity contribution is 7.12. The van der Waals surface area contributed by atoms with E-state index < -0.39 is 5.97 Å². The summed E-state index contributed by atoms with van der Waals surface area (Å²) >= 11 is 1.18. The molecule has 2 rings (SSSR count). The van der Waals surface area contributed by atoms with E-state index in [0.717, 1.165) is 10.4 Å². The molecule has 0 atom stereocenters. The number of hydrogen-bond donors (Lipinski definition) is 2. The number of benzene rings is 1. The average Bonchev–Trinajstić information content (AvgIpc) is 2.84. The Morgan fingerprint density at radius 3 is 2.84 bits per heavy atom. The number of aromatic carboxylic acids is 1. The van der Waals surface area contributed by atoms with E-state index in [4.69, 9.17) is 0 Å². The number of fused-ring (bicyclic) bond motifs is 1. The molecule has 2 aromatic rings. The second-order valence-corrected chi connectivity index (χ2v) is 4.60. The van der Waals surface area contributed by atoms with Crippen molar-refractivity contribution in [2.75, 3.05) is 5.32 Å². The van der Waals surface area contributed by atoms with Gasteiger partial charge in [-0.2, -0.15) is 0 Å². The Hall–Kier alpha value is -2.21. The van der Waals surface area contributed by atoms with E-state index in [1.54, 1.807) is 12.1 Å². The van der Waals surface area contributed by atoms with Crippen molar-refractivity contribution in [1.29, 1.82) is 0 Å². The van der Waals surface area contributed by atoms with Crippen molar-refractivity contribution >= 4 is 33.4 Å². The lowest BCUT2D eigenvalue weighted by Crippen LogP contribution is -2.05. The summed E-state index contributed by atoms with van der Waals surface area (Å²) in [6, 6.07) is 3.29. The third kappa shape index (κ3) is 2.79. The molecule has 5 nitrogen and oxygen atoms in total. The van der Waals surface area contributed by atoms with Crippen molar-refractivity contribution in [3.63, 3.8) is 0 Å². The molecule has 1 aromatic carbocycles. The largest absolute Gasteiger partial charge is 0.478 e. The Morgan fingerprint density at radius 2 is 2.21 bits per heavy atom. The van der Waals surface area contributed by atoms with Crippen LogP contribution < -0.4 is 5.32 Å². The summed E-state index contributed by atoms with van der Waals surface area (Å²) < 4.78 is 4.58. The molecule has 6 heteroatoms. The molecule has 0 amide bonds. The smallest absolute Gasteiger partial charge is 0.337 e. The maximum Gasteiger partial charge on any atom is 0.337 e. The molecule has 0 fully saturated rings. The molecule has 19 heavy (non-hydrogen) atoms. The maximum absolute atomic E-state index is 11.3.